The fraction of sp³-hybridized carbons (Fsp3) is 0.185. The normalized spacial score (nSPS) is 13.8. The van der Waals surface area contributed by atoms with Gasteiger partial charge in [-0.1, -0.05) is 42.0 Å². The van der Waals surface area contributed by atoms with Crippen LogP contribution in [-0.4, -0.2) is 17.9 Å². The van der Waals surface area contributed by atoms with Crippen molar-refractivity contribution in [2.24, 2.45) is 0 Å². The third-order valence-corrected chi connectivity index (χ3v) is 5.18. The van der Waals surface area contributed by atoms with E-state index >= 15 is 0 Å². The van der Waals surface area contributed by atoms with Crippen molar-refractivity contribution < 1.29 is 14.3 Å². The van der Waals surface area contributed by atoms with Crippen LogP contribution in [0.15, 0.2) is 78.5 Å². The summed E-state index contributed by atoms with van der Waals surface area (Å²) in [5.74, 6) is 0.0268. The van der Waals surface area contributed by atoms with E-state index in [0.29, 0.717) is 22.5 Å². The van der Waals surface area contributed by atoms with Gasteiger partial charge < -0.3 is 10.1 Å². The summed E-state index contributed by atoms with van der Waals surface area (Å²) in [4.78, 5) is 28.2. The van der Waals surface area contributed by atoms with Crippen LogP contribution in [0.3, 0.4) is 0 Å². The standard InChI is InChI=1S/C27H26N2O3/c1-17(2)32-23-14-12-21(13-15-23)28-25-24(20-10-8-18(3)9-11-20)26(30)29(27(25)31)22-7-5-6-19(4)16-22/h5-17,28H,1-4H3. The topological polar surface area (TPSA) is 58.6 Å². The number of imide groups is 1. The van der Waals surface area contributed by atoms with Gasteiger partial charge in [-0.3, -0.25) is 9.59 Å². The third kappa shape index (κ3) is 4.28. The zero-order valence-corrected chi connectivity index (χ0v) is 18.7. The minimum atomic E-state index is -0.376. The highest BCUT2D eigenvalue weighted by Gasteiger charge is 2.40. The maximum absolute atomic E-state index is 13.5. The first-order valence-electron chi connectivity index (χ1n) is 10.6. The summed E-state index contributed by atoms with van der Waals surface area (Å²) in [7, 11) is 0. The quantitative estimate of drug-likeness (QED) is 0.530. The second kappa shape index (κ2) is 8.71. The molecule has 0 aromatic heterocycles. The third-order valence-electron chi connectivity index (χ3n) is 5.18. The summed E-state index contributed by atoms with van der Waals surface area (Å²) in [6.07, 6.45) is 0.0709. The van der Waals surface area contributed by atoms with Gasteiger partial charge in [0.2, 0.25) is 0 Å². The zero-order chi connectivity index (χ0) is 22.8. The Morgan fingerprint density at radius 3 is 2.12 bits per heavy atom. The van der Waals surface area contributed by atoms with E-state index in [4.69, 9.17) is 4.74 Å². The van der Waals surface area contributed by atoms with Gasteiger partial charge in [0.15, 0.2) is 0 Å². The molecule has 0 radical (unpaired) electrons. The molecule has 3 aromatic rings. The summed E-state index contributed by atoms with van der Waals surface area (Å²) < 4.78 is 5.70. The fourth-order valence-electron chi connectivity index (χ4n) is 3.67. The number of amides is 2. The van der Waals surface area contributed by atoms with Crippen molar-refractivity contribution in [3.05, 3.63) is 95.2 Å². The Kier molecular flexibility index (Phi) is 5.82. The van der Waals surface area contributed by atoms with Gasteiger partial charge in [-0.05, 0) is 75.2 Å². The number of aryl methyl sites for hydroxylation is 2. The SMILES string of the molecule is Cc1ccc(C2=C(Nc3ccc(OC(C)C)cc3)C(=O)N(c3cccc(C)c3)C2=O)cc1. The lowest BCUT2D eigenvalue weighted by molar-refractivity contribution is -0.120. The van der Waals surface area contributed by atoms with Gasteiger partial charge in [-0.25, -0.2) is 4.90 Å². The van der Waals surface area contributed by atoms with Gasteiger partial charge >= 0.3 is 0 Å². The molecule has 1 aliphatic rings. The van der Waals surface area contributed by atoms with E-state index < -0.39 is 0 Å². The lowest BCUT2D eigenvalue weighted by atomic mass is 10.0. The molecule has 0 spiro atoms. The van der Waals surface area contributed by atoms with Crippen LogP contribution in [0.25, 0.3) is 5.57 Å². The maximum Gasteiger partial charge on any atom is 0.282 e. The fourth-order valence-corrected chi connectivity index (χ4v) is 3.67. The molecule has 0 atom stereocenters. The van der Waals surface area contributed by atoms with Crippen molar-refractivity contribution in [3.8, 4) is 5.75 Å². The monoisotopic (exact) mass is 426 g/mol. The van der Waals surface area contributed by atoms with Crippen LogP contribution in [0.2, 0.25) is 0 Å². The second-order valence-electron chi connectivity index (χ2n) is 8.22. The molecular formula is C27H26N2O3. The Bertz CT molecular complexity index is 1190. The largest absolute Gasteiger partial charge is 0.491 e. The van der Waals surface area contributed by atoms with E-state index in [9.17, 15) is 9.59 Å². The molecule has 1 N–H and O–H groups in total. The predicted molar refractivity (Wildman–Crippen MR) is 128 cm³/mol. The van der Waals surface area contributed by atoms with Crippen LogP contribution in [0.5, 0.6) is 5.75 Å². The smallest absolute Gasteiger partial charge is 0.282 e. The van der Waals surface area contributed by atoms with Crippen LogP contribution in [0.1, 0.15) is 30.5 Å². The van der Waals surface area contributed by atoms with Crippen molar-refractivity contribution in [2.45, 2.75) is 33.8 Å². The Balaban J connectivity index is 1.74. The highest BCUT2D eigenvalue weighted by molar-refractivity contribution is 6.46. The number of hydrogen-bond donors (Lipinski definition) is 1. The number of nitrogens with zero attached hydrogens (tertiary/aromatic N) is 1. The number of anilines is 2. The summed E-state index contributed by atoms with van der Waals surface area (Å²) in [5, 5.41) is 3.19. The molecule has 1 aliphatic heterocycles. The van der Waals surface area contributed by atoms with E-state index in [1.807, 2.05) is 94.4 Å². The highest BCUT2D eigenvalue weighted by atomic mass is 16.5. The van der Waals surface area contributed by atoms with Crippen LogP contribution < -0.4 is 15.0 Å². The first kappa shape index (κ1) is 21.4. The van der Waals surface area contributed by atoms with Crippen LogP contribution in [-0.2, 0) is 9.59 Å². The first-order chi connectivity index (χ1) is 15.3. The second-order valence-corrected chi connectivity index (χ2v) is 8.22. The molecule has 0 bridgehead atoms. The average Bonchev–Trinajstić information content (AvgIpc) is 2.99. The molecule has 0 unspecified atom stereocenters. The maximum atomic E-state index is 13.5. The molecule has 0 fully saturated rings. The predicted octanol–water partition coefficient (Wildman–Crippen LogP) is 5.49. The van der Waals surface area contributed by atoms with Crippen molar-refractivity contribution in [3.63, 3.8) is 0 Å². The first-order valence-corrected chi connectivity index (χ1v) is 10.6. The average molecular weight is 427 g/mol. The van der Waals surface area contributed by atoms with Gasteiger partial charge in [-0.15, -0.1) is 0 Å². The van der Waals surface area contributed by atoms with Gasteiger partial charge in [0.1, 0.15) is 11.4 Å². The Morgan fingerprint density at radius 2 is 1.50 bits per heavy atom. The number of ether oxygens (including phenoxy) is 1. The summed E-state index contributed by atoms with van der Waals surface area (Å²) in [6.45, 7) is 7.85. The zero-order valence-electron chi connectivity index (χ0n) is 18.7. The van der Waals surface area contributed by atoms with Crippen molar-refractivity contribution >= 4 is 28.8 Å². The lowest BCUT2D eigenvalue weighted by Gasteiger charge is -2.16. The van der Waals surface area contributed by atoms with E-state index in [1.165, 1.54) is 4.90 Å². The van der Waals surface area contributed by atoms with E-state index in [-0.39, 0.29) is 23.6 Å². The lowest BCUT2D eigenvalue weighted by Crippen LogP contribution is -2.32. The highest BCUT2D eigenvalue weighted by Crippen LogP contribution is 2.34. The number of hydrogen-bond acceptors (Lipinski definition) is 4. The van der Waals surface area contributed by atoms with Gasteiger partial charge in [0.25, 0.3) is 11.8 Å². The molecule has 5 heteroatoms. The number of nitrogens with one attached hydrogen (secondary N) is 1. The minimum absolute atomic E-state index is 0.0709. The molecule has 3 aromatic carbocycles. The molecule has 0 aliphatic carbocycles. The Labute approximate surface area is 188 Å². The van der Waals surface area contributed by atoms with Gasteiger partial charge in [0.05, 0.1) is 17.4 Å². The molecule has 162 valence electrons. The summed E-state index contributed by atoms with van der Waals surface area (Å²) >= 11 is 0. The summed E-state index contributed by atoms with van der Waals surface area (Å²) in [5.41, 5.74) is 4.64. The van der Waals surface area contributed by atoms with E-state index in [0.717, 1.165) is 16.9 Å². The molecule has 2 amide bonds. The molecular weight excluding hydrogens is 400 g/mol. The number of carbonyl (C=O) groups excluding carboxylic acids is 2. The number of rotatable bonds is 6. The van der Waals surface area contributed by atoms with Crippen molar-refractivity contribution in [1.29, 1.82) is 0 Å². The molecule has 4 rings (SSSR count). The molecule has 32 heavy (non-hydrogen) atoms. The van der Waals surface area contributed by atoms with Gasteiger partial charge in [-0.2, -0.15) is 0 Å². The Morgan fingerprint density at radius 1 is 0.812 bits per heavy atom. The van der Waals surface area contributed by atoms with E-state index in [1.54, 1.807) is 6.07 Å². The van der Waals surface area contributed by atoms with Gasteiger partial charge in [0, 0.05) is 5.69 Å². The molecule has 1 heterocycles. The number of benzene rings is 3. The molecule has 0 saturated carbocycles. The number of carbonyl (C=O) groups is 2. The summed E-state index contributed by atoms with van der Waals surface area (Å²) in [6, 6.07) is 22.4. The van der Waals surface area contributed by atoms with E-state index in [2.05, 4.69) is 5.32 Å². The van der Waals surface area contributed by atoms with Crippen LogP contribution in [0, 0.1) is 13.8 Å². The Hall–Kier alpha value is -3.86. The van der Waals surface area contributed by atoms with Crippen LogP contribution >= 0.6 is 0 Å². The molecule has 0 saturated heterocycles. The van der Waals surface area contributed by atoms with Crippen LogP contribution in [0.4, 0.5) is 11.4 Å². The minimum Gasteiger partial charge on any atom is -0.491 e. The van der Waals surface area contributed by atoms with Crippen molar-refractivity contribution in [2.75, 3.05) is 10.2 Å². The van der Waals surface area contributed by atoms with Crippen molar-refractivity contribution in [1.82, 2.24) is 0 Å². The molecule has 5 nitrogen and oxygen atoms in total.